The average Bonchev–Trinajstić information content (AvgIpc) is 3.23. The molecular weight excluding hydrogens is 382 g/mol. The Morgan fingerprint density at radius 3 is 2.52 bits per heavy atom. The lowest BCUT2D eigenvalue weighted by Crippen LogP contribution is -2.43. The first kappa shape index (κ1) is 21.3. The number of carbonyl (C=O) groups is 1. The molecule has 1 aliphatic rings. The molecule has 160 valence electrons. The fraction of sp³-hybridized carbons (Fsp3) is 0.333. The molecule has 0 aliphatic carbocycles. The van der Waals surface area contributed by atoms with E-state index in [4.69, 9.17) is 0 Å². The van der Waals surface area contributed by atoms with Crippen LogP contribution < -0.4 is 5.32 Å². The van der Waals surface area contributed by atoms with Crippen molar-refractivity contribution < 1.29 is 4.79 Å². The van der Waals surface area contributed by atoms with Crippen LogP contribution in [0.5, 0.6) is 0 Å². The smallest absolute Gasteiger partial charge is 0.227 e. The number of benzene rings is 2. The van der Waals surface area contributed by atoms with Gasteiger partial charge in [-0.3, -0.25) is 9.78 Å². The van der Waals surface area contributed by atoms with Gasteiger partial charge in [-0.25, -0.2) is 0 Å². The second-order valence-corrected chi connectivity index (χ2v) is 8.77. The number of hydrogen-bond acceptors (Lipinski definition) is 3. The second-order valence-electron chi connectivity index (χ2n) is 8.77. The molecule has 0 unspecified atom stereocenters. The van der Waals surface area contributed by atoms with Crippen LogP contribution in [0.25, 0.3) is 11.1 Å². The lowest BCUT2D eigenvalue weighted by molar-refractivity contribution is -0.130. The van der Waals surface area contributed by atoms with Gasteiger partial charge in [0.05, 0.1) is 5.41 Å². The maximum atomic E-state index is 13.0. The predicted octanol–water partition coefficient (Wildman–Crippen LogP) is 4.53. The van der Waals surface area contributed by atoms with Crippen molar-refractivity contribution in [3.63, 3.8) is 0 Å². The maximum absolute atomic E-state index is 13.0. The number of amides is 1. The van der Waals surface area contributed by atoms with Crippen molar-refractivity contribution in [2.75, 3.05) is 26.7 Å². The minimum absolute atomic E-state index is 0.152. The van der Waals surface area contributed by atoms with Crippen LogP contribution in [0.3, 0.4) is 0 Å². The van der Waals surface area contributed by atoms with Gasteiger partial charge >= 0.3 is 0 Å². The summed E-state index contributed by atoms with van der Waals surface area (Å²) in [4.78, 5) is 19.6. The summed E-state index contributed by atoms with van der Waals surface area (Å²) in [5.74, 6) is 0.596. The third-order valence-electron chi connectivity index (χ3n) is 6.53. The van der Waals surface area contributed by atoms with Crippen LogP contribution in [-0.2, 0) is 11.2 Å². The fourth-order valence-corrected chi connectivity index (χ4v) is 4.80. The molecule has 2 heterocycles. The van der Waals surface area contributed by atoms with E-state index in [9.17, 15) is 4.79 Å². The molecule has 2 atom stereocenters. The molecule has 1 fully saturated rings. The Labute approximate surface area is 185 Å². The summed E-state index contributed by atoms with van der Waals surface area (Å²) in [5, 5.41) is 2.94. The first-order valence-electron chi connectivity index (χ1n) is 11.1. The molecule has 0 spiro atoms. The Balaban J connectivity index is 1.47. The highest BCUT2D eigenvalue weighted by Crippen LogP contribution is 2.36. The molecule has 1 amide bonds. The van der Waals surface area contributed by atoms with E-state index in [0.717, 1.165) is 43.6 Å². The van der Waals surface area contributed by atoms with Gasteiger partial charge in [0, 0.05) is 32.5 Å². The van der Waals surface area contributed by atoms with Crippen molar-refractivity contribution in [1.82, 2.24) is 15.2 Å². The minimum atomic E-state index is -0.374. The van der Waals surface area contributed by atoms with Gasteiger partial charge in [0.1, 0.15) is 0 Å². The molecule has 1 aliphatic heterocycles. The number of pyridine rings is 1. The van der Waals surface area contributed by atoms with E-state index in [-0.39, 0.29) is 11.3 Å². The Hall–Kier alpha value is -2.98. The fourth-order valence-electron chi connectivity index (χ4n) is 4.80. The summed E-state index contributed by atoms with van der Waals surface area (Å²) in [5.41, 5.74) is 4.44. The quantitative estimate of drug-likeness (QED) is 0.619. The molecule has 2 aromatic carbocycles. The van der Waals surface area contributed by atoms with Crippen molar-refractivity contribution in [2.45, 2.75) is 25.7 Å². The van der Waals surface area contributed by atoms with Crippen molar-refractivity contribution in [1.29, 1.82) is 0 Å². The average molecular weight is 414 g/mol. The summed E-state index contributed by atoms with van der Waals surface area (Å²) < 4.78 is 0. The topological polar surface area (TPSA) is 45.2 Å². The van der Waals surface area contributed by atoms with E-state index >= 15 is 0 Å². The van der Waals surface area contributed by atoms with Crippen LogP contribution in [-0.4, -0.2) is 42.5 Å². The van der Waals surface area contributed by atoms with Crippen LogP contribution in [0.4, 0.5) is 0 Å². The molecule has 3 aromatic rings. The van der Waals surface area contributed by atoms with E-state index in [0.29, 0.717) is 5.92 Å². The summed E-state index contributed by atoms with van der Waals surface area (Å²) in [6.45, 7) is 5.00. The standard InChI is InChI=1S/C27H31N3O/c1-21(23-7-4-3-5-8-23)19-30-16-14-27(20-30,26(31)28-2)17-22-10-12-24(13-11-22)25-9-6-15-29-18-25/h3-13,15,18,21H,14,16-17,19-20H2,1-2H3,(H,28,31)/t21-,27-/m0/s1. The van der Waals surface area contributed by atoms with E-state index in [1.54, 1.807) is 13.2 Å². The third kappa shape index (κ3) is 4.86. The summed E-state index contributed by atoms with van der Waals surface area (Å²) in [6, 6.07) is 23.2. The molecule has 4 nitrogen and oxygen atoms in total. The molecule has 0 bridgehead atoms. The normalized spacial score (nSPS) is 19.8. The number of carbonyl (C=O) groups excluding carboxylic acids is 1. The van der Waals surface area contributed by atoms with Gasteiger partial charge in [-0.1, -0.05) is 67.6 Å². The van der Waals surface area contributed by atoms with Crippen LogP contribution in [0, 0.1) is 5.41 Å². The monoisotopic (exact) mass is 413 g/mol. The largest absolute Gasteiger partial charge is 0.359 e. The Bertz CT molecular complexity index is 988. The summed E-state index contributed by atoms with van der Waals surface area (Å²) in [6.07, 6.45) is 5.31. The SMILES string of the molecule is CNC(=O)[C@]1(Cc2ccc(-c3cccnc3)cc2)CCN(C[C@H](C)c2ccccc2)C1. The first-order valence-corrected chi connectivity index (χ1v) is 11.1. The van der Waals surface area contributed by atoms with Crippen LogP contribution in [0.15, 0.2) is 79.1 Å². The van der Waals surface area contributed by atoms with Crippen molar-refractivity contribution in [3.8, 4) is 11.1 Å². The van der Waals surface area contributed by atoms with Crippen LogP contribution in [0.1, 0.15) is 30.4 Å². The van der Waals surface area contributed by atoms with E-state index < -0.39 is 0 Å². The molecule has 1 saturated heterocycles. The van der Waals surface area contributed by atoms with Crippen molar-refractivity contribution >= 4 is 5.91 Å². The van der Waals surface area contributed by atoms with Gasteiger partial charge in [0.15, 0.2) is 0 Å². The number of likely N-dealkylation sites (tertiary alicyclic amines) is 1. The zero-order chi connectivity index (χ0) is 21.7. The number of hydrogen-bond donors (Lipinski definition) is 1. The lowest BCUT2D eigenvalue weighted by Gasteiger charge is -2.29. The molecule has 1 aromatic heterocycles. The molecular formula is C27H31N3O. The van der Waals surface area contributed by atoms with Gasteiger partial charge in [0.25, 0.3) is 0 Å². The molecule has 4 rings (SSSR count). The van der Waals surface area contributed by atoms with Gasteiger partial charge < -0.3 is 10.2 Å². The van der Waals surface area contributed by atoms with Crippen molar-refractivity contribution in [2.24, 2.45) is 5.41 Å². The highest BCUT2D eigenvalue weighted by molar-refractivity contribution is 5.83. The number of rotatable bonds is 7. The molecule has 4 heteroatoms. The van der Waals surface area contributed by atoms with Crippen LogP contribution >= 0.6 is 0 Å². The number of nitrogens with one attached hydrogen (secondary N) is 1. The first-order chi connectivity index (χ1) is 15.1. The van der Waals surface area contributed by atoms with Gasteiger partial charge in [-0.05, 0) is 53.6 Å². The Kier molecular flexibility index (Phi) is 6.47. The van der Waals surface area contributed by atoms with Gasteiger partial charge in [-0.15, -0.1) is 0 Å². The molecule has 1 N–H and O–H groups in total. The summed E-state index contributed by atoms with van der Waals surface area (Å²) in [7, 11) is 1.75. The minimum Gasteiger partial charge on any atom is -0.359 e. The third-order valence-corrected chi connectivity index (χ3v) is 6.53. The Morgan fingerprint density at radius 1 is 1.06 bits per heavy atom. The Morgan fingerprint density at radius 2 is 1.84 bits per heavy atom. The van der Waals surface area contributed by atoms with Crippen molar-refractivity contribution in [3.05, 3.63) is 90.3 Å². The van der Waals surface area contributed by atoms with E-state index in [2.05, 4.69) is 82.8 Å². The highest BCUT2D eigenvalue weighted by atomic mass is 16.2. The van der Waals surface area contributed by atoms with Crippen LogP contribution in [0.2, 0.25) is 0 Å². The highest BCUT2D eigenvalue weighted by Gasteiger charge is 2.44. The predicted molar refractivity (Wildman–Crippen MR) is 126 cm³/mol. The lowest BCUT2D eigenvalue weighted by atomic mass is 9.79. The summed E-state index contributed by atoms with van der Waals surface area (Å²) >= 11 is 0. The maximum Gasteiger partial charge on any atom is 0.227 e. The number of nitrogens with zero attached hydrogens (tertiary/aromatic N) is 2. The molecule has 0 saturated carbocycles. The van der Waals surface area contributed by atoms with Gasteiger partial charge in [-0.2, -0.15) is 0 Å². The zero-order valence-corrected chi connectivity index (χ0v) is 18.4. The number of aromatic nitrogens is 1. The van der Waals surface area contributed by atoms with Gasteiger partial charge in [0.2, 0.25) is 5.91 Å². The molecule has 0 radical (unpaired) electrons. The zero-order valence-electron chi connectivity index (χ0n) is 18.4. The molecule has 31 heavy (non-hydrogen) atoms. The second kappa shape index (κ2) is 9.44. The van der Waals surface area contributed by atoms with E-state index in [1.807, 2.05) is 12.3 Å². The van der Waals surface area contributed by atoms with E-state index in [1.165, 1.54) is 11.1 Å².